The number of carboxylic acids is 1. The second-order valence-electron chi connectivity index (χ2n) is 9.37. The van der Waals surface area contributed by atoms with Gasteiger partial charge < -0.3 is 9.84 Å². The largest absolute Gasteiger partial charge is 0.481 e. The predicted molar refractivity (Wildman–Crippen MR) is 139 cm³/mol. The average molecular weight is 465 g/mol. The van der Waals surface area contributed by atoms with Crippen LogP contribution in [0.25, 0.3) is 0 Å². The van der Waals surface area contributed by atoms with E-state index in [1.54, 1.807) is 0 Å². The molecule has 0 bridgehead atoms. The topological polar surface area (TPSA) is 63.6 Å². The molecule has 1 N–H and O–H groups in total. The summed E-state index contributed by atoms with van der Waals surface area (Å²) in [4.78, 5) is 22.9. The third-order valence-corrected chi connectivity index (χ3v) is 6.26. The van der Waals surface area contributed by atoms with Crippen molar-refractivity contribution >= 4 is 11.9 Å². The Morgan fingerprint density at radius 3 is 1.58 bits per heavy atom. The highest BCUT2D eigenvalue weighted by atomic mass is 16.5. The van der Waals surface area contributed by atoms with Gasteiger partial charge in [-0.1, -0.05) is 128 Å². The molecule has 0 fully saturated rings. The van der Waals surface area contributed by atoms with E-state index in [2.05, 4.69) is 25.7 Å². The average Bonchev–Trinajstić information content (AvgIpc) is 2.80. The minimum Gasteiger partial charge on any atom is -0.481 e. The number of allylic oxidation sites excluding steroid dienone is 2. The Morgan fingerprint density at radius 1 is 0.758 bits per heavy atom. The Hall–Kier alpha value is -1.58. The van der Waals surface area contributed by atoms with E-state index in [4.69, 9.17) is 9.84 Å². The number of carboxylic acid groups (broad SMARTS) is 1. The van der Waals surface area contributed by atoms with E-state index in [1.165, 1.54) is 102 Å². The van der Waals surface area contributed by atoms with Crippen LogP contribution in [-0.2, 0) is 14.3 Å². The first-order chi connectivity index (χ1) is 16.1. The number of aliphatic carboxylic acids is 1. The van der Waals surface area contributed by atoms with Gasteiger partial charge in [-0.25, -0.2) is 0 Å². The van der Waals surface area contributed by atoms with E-state index >= 15 is 0 Å². The molecule has 192 valence electrons. The minimum absolute atomic E-state index is 0.145. The first kappa shape index (κ1) is 31.4. The van der Waals surface area contributed by atoms with E-state index < -0.39 is 17.9 Å². The zero-order valence-electron chi connectivity index (χ0n) is 21.5. The molecule has 0 aliphatic heterocycles. The first-order valence-corrected chi connectivity index (χ1v) is 13.7. The third-order valence-electron chi connectivity index (χ3n) is 6.26. The highest BCUT2D eigenvalue weighted by molar-refractivity contribution is 5.79. The fourth-order valence-corrected chi connectivity index (χ4v) is 4.24. The molecule has 0 aliphatic carbocycles. The minimum atomic E-state index is -0.943. The molecular formula is C29H52O4. The fourth-order valence-electron chi connectivity index (χ4n) is 4.24. The van der Waals surface area contributed by atoms with Crippen LogP contribution in [-0.4, -0.2) is 23.7 Å². The normalized spacial score (nSPS) is 12.2. The van der Waals surface area contributed by atoms with E-state index in [-0.39, 0.29) is 13.0 Å². The summed E-state index contributed by atoms with van der Waals surface area (Å²) in [7, 11) is 0. The van der Waals surface area contributed by atoms with Crippen LogP contribution >= 0.6 is 0 Å². The van der Waals surface area contributed by atoms with Crippen molar-refractivity contribution in [3.63, 3.8) is 0 Å². The van der Waals surface area contributed by atoms with Gasteiger partial charge in [0.25, 0.3) is 0 Å². The molecule has 0 radical (unpaired) electrons. The Balaban J connectivity index is 3.40. The molecule has 0 aliphatic rings. The lowest BCUT2D eigenvalue weighted by Gasteiger charge is -2.13. The Bertz CT molecular complexity index is 498. The van der Waals surface area contributed by atoms with Crippen molar-refractivity contribution in [2.45, 2.75) is 135 Å². The van der Waals surface area contributed by atoms with E-state index in [0.29, 0.717) is 6.42 Å². The summed E-state index contributed by atoms with van der Waals surface area (Å²) in [6.45, 7) is 5.76. The van der Waals surface area contributed by atoms with Gasteiger partial charge in [0.2, 0.25) is 0 Å². The summed E-state index contributed by atoms with van der Waals surface area (Å²) in [6.07, 6.45) is 29.9. The van der Waals surface area contributed by atoms with Crippen molar-refractivity contribution in [3.8, 4) is 0 Å². The van der Waals surface area contributed by atoms with Crippen molar-refractivity contribution in [2.24, 2.45) is 5.92 Å². The maximum atomic E-state index is 11.9. The number of hydrogen-bond acceptors (Lipinski definition) is 3. The Kier molecular flexibility index (Phi) is 23.9. The number of hydrogen-bond donors (Lipinski definition) is 1. The van der Waals surface area contributed by atoms with E-state index in [1.807, 2.05) is 0 Å². The molecule has 0 aromatic heterocycles. The van der Waals surface area contributed by atoms with Gasteiger partial charge in [-0.05, 0) is 26.2 Å². The third kappa shape index (κ3) is 23.4. The van der Waals surface area contributed by atoms with Crippen LogP contribution in [0.1, 0.15) is 135 Å². The molecule has 1 unspecified atom stereocenters. The quantitative estimate of drug-likeness (QED) is 0.0832. The molecule has 0 spiro atoms. The van der Waals surface area contributed by atoms with Crippen LogP contribution in [0.5, 0.6) is 0 Å². The highest BCUT2D eigenvalue weighted by Gasteiger charge is 2.22. The van der Waals surface area contributed by atoms with Crippen molar-refractivity contribution in [1.82, 2.24) is 0 Å². The van der Waals surface area contributed by atoms with Crippen LogP contribution in [0.4, 0.5) is 0 Å². The summed E-state index contributed by atoms with van der Waals surface area (Å²) in [5.74, 6) is -1.88. The molecule has 1 atom stereocenters. The standard InChI is InChI=1S/C29H52O4/c1-3-5-6-7-8-9-10-11-12-13-14-15-16-17-18-19-20-21-22-23-24-27(26-28(30)31)29(32)33-25-4-2/h3-5,27H,2,6-26H2,1H3,(H,30,31)/b5-3+. The van der Waals surface area contributed by atoms with Gasteiger partial charge in [0.05, 0.1) is 12.3 Å². The number of carbonyl (C=O) groups excluding carboxylic acids is 1. The number of rotatable bonds is 25. The molecule has 0 amide bonds. The van der Waals surface area contributed by atoms with Gasteiger partial charge in [-0.15, -0.1) is 0 Å². The van der Waals surface area contributed by atoms with Crippen LogP contribution < -0.4 is 0 Å². The monoisotopic (exact) mass is 464 g/mol. The SMILES string of the molecule is C=CCOC(=O)C(CCCCCCCCCCCCCCCCCCC/C=C/C)CC(=O)O. The van der Waals surface area contributed by atoms with Crippen LogP contribution in [0.15, 0.2) is 24.8 Å². The van der Waals surface area contributed by atoms with Gasteiger partial charge in [-0.3, -0.25) is 9.59 Å². The van der Waals surface area contributed by atoms with E-state index in [0.717, 1.165) is 19.3 Å². The molecule has 0 rings (SSSR count). The molecule has 0 aromatic carbocycles. The number of esters is 1. The van der Waals surface area contributed by atoms with Gasteiger partial charge in [-0.2, -0.15) is 0 Å². The summed E-state index contributed by atoms with van der Waals surface area (Å²) in [6, 6.07) is 0. The second kappa shape index (κ2) is 25.1. The highest BCUT2D eigenvalue weighted by Crippen LogP contribution is 2.18. The van der Waals surface area contributed by atoms with Crippen LogP contribution in [0, 0.1) is 5.92 Å². The summed E-state index contributed by atoms with van der Waals surface area (Å²) >= 11 is 0. The molecule has 0 saturated carbocycles. The molecule has 33 heavy (non-hydrogen) atoms. The van der Waals surface area contributed by atoms with Gasteiger partial charge in [0.15, 0.2) is 0 Å². The number of ether oxygens (including phenoxy) is 1. The molecule has 4 heteroatoms. The molecule has 0 aromatic rings. The van der Waals surface area contributed by atoms with Gasteiger partial charge >= 0.3 is 11.9 Å². The fraction of sp³-hybridized carbons (Fsp3) is 0.793. The molecular weight excluding hydrogens is 412 g/mol. The smallest absolute Gasteiger partial charge is 0.309 e. The predicted octanol–water partition coefficient (Wildman–Crippen LogP) is 8.79. The molecule has 0 saturated heterocycles. The second-order valence-corrected chi connectivity index (χ2v) is 9.37. The lowest BCUT2D eigenvalue weighted by Crippen LogP contribution is -2.21. The zero-order chi connectivity index (χ0) is 24.4. The molecule has 0 heterocycles. The molecule has 4 nitrogen and oxygen atoms in total. The summed E-state index contributed by atoms with van der Waals surface area (Å²) in [5.41, 5.74) is 0. The van der Waals surface area contributed by atoms with Crippen molar-refractivity contribution in [3.05, 3.63) is 24.8 Å². The van der Waals surface area contributed by atoms with E-state index in [9.17, 15) is 9.59 Å². The van der Waals surface area contributed by atoms with Crippen molar-refractivity contribution in [1.29, 1.82) is 0 Å². The van der Waals surface area contributed by atoms with Crippen LogP contribution in [0.2, 0.25) is 0 Å². The lowest BCUT2D eigenvalue weighted by atomic mass is 9.97. The van der Waals surface area contributed by atoms with Crippen molar-refractivity contribution < 1.29 is 19.4 Å². The maximum absolute atomic E-state index is 11.9. The van der Waals surface area contributed by atoms with Gasteiger partial charge in [0, 0.05) is 0 Å². The van der Waals surface area contributed by atoms with Crippen LogP contribution in [0.3, 0.4) is 0 Å². The Morgan fingerprint density at radius 2 is 1.18 bits per heavy atom. The summed E-state index contributed by atoms with van der Waals surface area (Å²) < 4.78 is 5.03. The number of carbonyl (C=O) groups is 2. The summed E-state index contributed by atoms with van der Waals surface area (Å²) in [5, 5.41) is 8.99. The Labute approximate surface area is 204 Å². The zero-order valence-corrected chi connectivity index (χ0v) is 21.5. The lowest BCUT2D eigenvalue weighted by molar-refractivity contribution is -0.152. The first-order valence-electron chi connectivity index (χ1n) is 13.7. The number of unbranched alkanes of at least 4 members (excludes halogenated alkanes) is 17. The van der Waals surface area contributed by atoms with Crippen molar-refractivity contribution in [2.75, 3.05) is 6.61 Å². The van der Waals surface area contributed by atoms with Gasteiger partial charge in [0.1, 0.15) is 6.61 Å². The maximum Gasteiger partial charge on any atom is 0.309 e.